The fraction of sp³-hybridized carbons (Fsp3) is 0.846. The van der Waals surface area contributed by atoms with Crippen molar-refractivity contribution < 1.29 is 9.26 Å². The molecule has 0 amide bonds. The fourth-order valence-electron chi connectivity index (χ4n) is 2.52. The molecule has 0 radical (unpaired) electrons. The van der Waals surface area contributed by atoms with Crippen LogP contribution >= 0.6 is 0 Å². The van der Waals surface area contributed by atoms with E-state index in [-0.39, 0.29) is 0 Å². The maximum atomic E-state index is 5.18. The van der Waals surface area contributed by atoms with E-state index < -0.39 is 0 Å². The second kappa shape index (κ2) is 6.73. The van der Waals surface area contributed by atoms with Crippen molar-refractivity contribution in [3.63, 3.8) is 0 Å². The van der Waals surface area contributed by atoms with Crippen LogP contribution in [0.5, 0.6) is 0 Å². The van der Waals surface area contributed by atoms with Gasteiger partial charge in [0, 0.05) is 33.2 Å². The Labute approximate surface area is 108 Å². The second-order valence-corrected chi connectivity index (χ2v) is 4.93. The summed E-state index contributed by atoms with van der Waals surface area (Å²) in [6.07, 6.45) is 5.69. The summed E-state index contributed by atoms with van der Waals surface area (Å²) in [7, 11) is 1.76. The molecule has 1 unspecified atom stereocenters. The summed E-state index contributed by atoms with van der Waals surface area (Å²) in [4.78, 5) is 6.66. The van der Waals surface area contributed by atoms with Crippen LogP contribution in [0.2, 0.25) is 0 Å². The van der Waals surface area contributed by atoms with Crippen LogP contribution in [0.4, 0.5) is 5.95 Å². The molecule has 2 heterocycles. The number of rotatable bonds is 6. The van der Waals surface area contributed by atoms with Crippen LogP contribution in [-0.2, 0) is 11.2 Å². The van der Waals surface area contributed by atoms with Gasteiger partial charge in [-0.05, 0) is 36.8 Å². The van der Waals surface area contributed by atoms with E-state index in [4.69, 9.17) is 9.26 Å². The first-order valence-corrected chi connectivity index (χ1v) is 6.90. The van der Waals surface area contributed by atoms with Crippen LogP contribution in [0.3, 0.4) is 0 Å². The first-order valence-electron chi connectivity index (χ1n) is 6.90. The molecule has 1 atom stereocenters. The molecule has 5 nitrogen and oxygen atoms in total. The Bertz CT molecular complexity index is 354. The van der Waals surface area contributed by atoms with E-state index in [1.165, 1.54) is 19.3 Å². The zero-order valence-corrected chi connectivity index (χ0v) is 11.4. The molecule has 1 aromatic heterocycles. The van der Waals surface area contributed by atoms with E-state index in [9.17, 15) is 0 Å². The van der Waals surface area contributed by atoms with Crippen molar-refractivity contribution in [1.82, 2.24) is 10.1 Å². The highest BCUT2D eigenvalue weighted by Crippen LogP contribution is 2.24. The van der Waals surface area contributed by atoms with Crippen molar-refractivity contribution in [3.05, 3.63) is 5.89 Å². The van der Waals surface area contributed by atoms with E-state index in [0.29, 0.717) is 0 Å². The molecule has 2 rings (SSSR count). The molecule has 0 bridgehead atoms. The third-order valence-corrected chi connectivity index (χ3v) is 3.52. The summed E-state index contributed by atoms with van der Waals surface area (Å²) in [6, 6.07) is 0. The van der Waals surface area contributed by atoms with Gasteiger partial charge in [-0.25, -0.2) is 0 Å². The molecule has 1 saturated heterocycles. The van der Waals surface area contributed by atoms with Gasteiger partial charge >= 0.3 is 0 Å². The van der Waals surface area contributed by atoms with Crippen molar-refractivity contribution >= 4 is 5.95 Å². The van der Waals surface area contributed by atoms with E-state index in [2.05, 4.69) is 15.0 Å². The highest BCUT2D eigenvalue weighted by molar-refractivity contribution is 5.28. The van der Waals surface area contributed by atoms with Crippen molar-refractivity contribution in [1.29, 1.82) is 0 Å². The molecule has 0 N–H and O–H groups in total. The molecule has 0 spiro atoms. The SMILES string of the molecule is CCc1nc(N2CCCC(CCCOC)C2)no1. The predicted molar refractivity (Wildman–Crippen MR) is 69.7 cm³/mol. The lowest BCUT2D eigenvalue weighted by Gasteiger charge is -2.31. The lowest BCUT2D eigenvalue weighted by Crippen LogP contribution is -2.36. The Morgan fingerprint density at radius 3 is 3.11 bits per heavy atom. The Morgan fingerprint density at radius 2 is 2.39 bits per heavy atom. The molecule has 0 saturated carbocycles. The van der Waals surface area contributed by atoms with Crippen LogP contribution in [0.15, 0.2) is 4.52 Å². The zero-order valence-electron chi connectivity index (χ0n) is 11.4. The number of anilines is 1. The topological polar surface area (TPSA) is 51.4 Å². The molecular weight excluding hydrogens is 230 g/mol. The summed E-state index contributed by atoms with van der Waals surface area (Å²) in [5.41, 5.74) is 0. The molecule has 18 heavy (non-hydrogen) atoms. The molecule has 1 fully saturated rings. The maximum Gasteiger partial charge on any atom is 0.266 e. The molecule has 1 aliphatic heterocycles. The van der Waals surface area contributed by atoms with Gasteiger partial charge in [-0.15, -0.1) is 0 Å². The monoisotopic (exact) mass is 253 g/mol. The van der Waals surface area contributed by atoms with E-state index in [1.54, 1.807) is 7.11 Å². The van der Waals surface area contributed by atoms with Gasteiger partial charge in [-0.2, -0.15) is 4.98 Å². The van der Waals surface area contributed by atoms with Crippen LogP contribution in [0.1, 0.15) is 38.5 Å². The highest BCUT2D eigenvalue weighted by atomic mass is 16.5. The average Bonchev–Trinajstić information content (AvgIpc) is 2.88. The minimum absolute atomic E-state index is 0.728. The van der Waals surface area contributed by atoms with Gasteiger partial charge in [-0.1, -0.05) is 6.92 Å². The molecule has 5 heteroatoms. The Morgan fingerprint density at radius 1 is 1.50 bits per heavy atom. The Balaban J connectivity index is 1.85. The molecule has 102 valence electrons. The zero-order chi connectivity index (χ0) is 12.8. The third kappa shape index (κ3) is 3.45. The fourth-order valence-corrected chi connectivity index (χ4v) is 2.52. The second-order valence-electron chi connectivity index (χ2n) is 4.93. The summed E-state index contributed by atoms with van der Waals surface area (Å²) in [6.45, 7) is 4.98. The smallest absolute Gasteiger partial charge is 0.266 e. The molecule has 1 aliphatic rings. The van der Waals surface area contributed by atoms with Crippen molar-refractivity contribution in [2.75, 3.05) is 31.7 Å². The first-order chi connectivity index (χ1) is 8.83. The Kier molecular flexibility index (Phi) is 4.99. The Hall–Kier alpha value is -1.10. The summed E-state index contributed by atoms with van der Waals surface area (Å²) >= 11 is 0. The van der Waals surface area contributed by atoms with Gasteiger partial charge in [0.25, 0.3) is 5.95 Å². The third-order valence-electron chi connectivity index (χ3n) is 3.52. The number of hydrogen-bond donors (Lipinski definition) is 0. The molecule has 0 aromatic carbocycles. The number of ether oxygens (including phenoxy) is 1. The summed E-state index contributed by atoms with van der Waals surface area (Å²) < 4.78 is 10.3. The van der Waals surface area contributed by atoms with Gasteiger partial charge in [0.1, 0.15) is 0 Å². The van der Waals surface area contributed by atoms with Crippen molar-refractivity contribution in [2.45, 2.75) is 39.0 Å². The minimum Gasteiger partial charge on any atom is -0.385 e. The van der Waals surface area contributed by atoms with Crippen molar-refractivity contribution in [2.24, 2.45) is 5.92 Å². The molecule has 0 aliphatic carbocycles. The van der Waals surface area contributed by atoms with Gasteiger partial charge in [0.2, 0.25) is 5.89 Å². The predicted octanol–water partition coefficient (Wildman–Crippen LogP) is 2.28. The lowest BCUT2D eigenvalue weighted by molar-refractivity contribution is 0.184. The lowest BCUT2D eigenvalue weighted by atomic mass is 9.94. The van der Waals surface area contributed by atoms with Crippen LogP contribution in [-0.4, -0.2) is 36.9 Å². The number of methoxy groups -OCH3 is 1. The van der Waals surface area contributed by atoms with Gasteiger partial charge < -0.3 is 14.2 Å². The highest BCUT2D eigenvalue weighted by Gasteiger charge is 2.22. The van der Waals surface area contributed by atoms with Crippen molar-refractivity contribution in [3.8, 4) is 0 Å². The first kappa shape index (κ1) is 13.3. The molecular formula is C13H23N3O2. The minimum atomic E-state index is 0.728. The number of aromatic nitrogens is 2. The summed E-state index contributed by atoms with van der Waals surface area (Å²) in [5, 5.41) is 4.06. The standard InChI is InChI=1S/C13H23N3O2/c1-3-12-14-13(15-18-12)16-8-4-6-11(10-16)7-5-9-17-2/h11H,3-10H2,1-2H3. The van der Waals surface area contributed by atoms with E-state index in [0.717, 1.165) is 50.3 Å². The van der Waals surface area contributed by atoms with Crippen LogP contribution in [0, 0.1) is 5.92 Å². The number of piperidine rings is 1. The number of aryl methyl sites for hydroxylation is 1. The van der Waals surface area contributed by atoms with Crippen LogP contribution in [0.25, 0.3) is 0 Å². The number of nitrogens with zero attached hydrogens (tertiary/aromatic N) is 3. The van der Waals surface area contributed by atoms with Gasteiger partial charge in [0.15, 0.2) is 0 Å². The maximum absolute atomic E-state index is 5.18. The van der Waals surface area contributed by atoms with Gasteiger partial charge in [-0.3, -0.25) is 0 Å². The quantitative estimate of drug-likeness (QED) is 0.728. The van der Waals surface area contributed by atoms with Gasteiger partial charge in [0.05, 0.1) is 0 Å². The largest absolute Gasteiger partial charge is 0.385 e. The summed E-state index contributed by atoms with van der Waals surface area (Å²) in [5.74, 6) is 2.23. The number of hydrogen-bond acceptors (Lipinski definition) is 5. The van der Waals surface area contributed by atoms with E-state index >= 15 is 0 Å². The normalized spacial score (nSPS) is 20.3. The molecule has 1 aromatic rings. The average molecular weight is 253 g/mol. The van der Waals surface area contributed by atoms with Crippen LogP contribution < -0.4 is 4.90 Å². The van der Waals surface area contributed by atoms with E-state index in [1.807, 2.05) is 6.92 Å².